The van der Waals surface area contributed by atoms with Gasteiger partial charge in [0, 0.05) is 11.8 Å². The first kappa shape index (κ1) is 10.3. The van der Waals surface area contributed by atoms with Crippen LogP contribution in [0.1, 0.15) is 0 Å². The Morgan fingerprint density at radius 2 is 1.75 bits per heavy atom. The molecule has 16 heavy (non-hydrogen) atoms. The Morgan fingerprint density at radius 3 is 2.38 bits per heavy atom. The van der Waals surface area contributed by atoms with Crippen molar-refractivity contribution in [1.82, 2.24) is 4.98 Å². The Morgan fingerprint density at radius 1 is 1.06 bits per heavy atom. The summed E-state index contributed by atoms with van der Waals surface area (Å²) in [6, 6.07) is 9.74. The highest BCUT2D eigenvalue weighted by molar-refractivity contribution is 5.85. The van der Waals surface area contributed by atoms with Crippen molar-refractivity contribution in [1.29, 1.82) is 0 Å². The lowest BCUT2D eigenvalue weighted by atomic mass is 10.1. The van der Waals surface area contributed by atoms with E-state index in [1.54, 1.807) is 6.20 Å². The van der Waals surface area contributed by atoms with Gasteiger partial charge >= 0.3 is 0 Å². The molecule has 0 fully saturated rings. The molecule has 0 saturated carbocycles. The predicted molar refractivity (Wildman–Crippen MR) is 65.0 cm³/mol. The van der Waals surface area contributed by atoms with E-state index in [1.165, 1.54) is 7.11 Å². The van der Waals surface area contributed by atoms with Crippen molar-refractivity contribution in [2.75, 3.05) is 18.6 Å². The number of nitrogen functional groups attached to an aromatic ring is 2. The van der Waals surface area contributed by atoms with Crippen LogP contribution in [0.25, 0.3) is 11.1 Å². The van der Waals surface area contributed by atoms with Gasteiger partial charge in [-0.1, -0.05) is 30.3 Å². The van der Waals surface area contributed by atoms with Crippen LogP contribution >= 0.6 is 0 Å². The van der Waals surface area contributed by atoms with Crippen LogP contribution in [0.15, 0.2) is 36.5 Å². The first-order valence-electron chi connectivity index (χ1n) is 4.87. The number of nitrogens with zero attached hydrogens (tertiary/aromatic N) is 1. The number of hydrogen-bond acceptors (Lipinski definition) is 4. The molecule has 0 aliphatic carbocycles. The van der Waals surface area contributed by atoms with E-state index in [-0.39, 0.29) is 0 Å². The van der Waals surface area contributed by atoms with Crippen LogP contribution in [-0.4, -0.2) is 12.1 Å². The molecule has 2 aromatic rings. The molecule has 0 saturated heterocycles. The molecule has 1 aromatic carbocycles. The maximum absolute atomic E-state index is 5.95. The normalized spacial score (nSPS) is 10.1. The van der Waals surface area contributed by atoms with Crippen molar-refractivity contribution in [3.8, 4) is 17.0 Å². The molecule has 0 aliphatic rings. The standard InChI is InChI=1S/C12H13N3O/c1-16-12-11(14)10(13)9(7-15-12)8-5-3-2-4-6-8/h2-7H,14H2,1H3,(H2,13,15). The minimum Gasteiger partial charge on any atom is -0.479 e. The summed E-state index contributed by atoms with van der Waals surface area (Å²) in [5.41, 5.74) is 14.4. The van der Waals surface area contributed by atoms with Gasteiger partial charge in [-0.3, -0.25) is 0 Å². The Balaban J connectivity index is 2.56. The molecule has 82 valence electrons. The lowest BCUT2D eigenvalue weighted by Crippen LogP contribution is -2.02. The summed E-state index contributed by atoms with van der Waals surface area (Å²) in [4.78, 5) is 4.11. The quantitative estimate of drug-likeness (QED) is 0.802. The molecule has 1 heterocycles. The minimum absolute atomic E-state index is 0.359. The molecule has 0 spiro atoms. The molecular weight excluding hydrogens is 202 g/mol. The molecule has 0 amide bonds. The smallest absolute Gasteiger partial charge is 0.239 e. The highest BCUT2D eigenvalue weighted by Crippen LogP contribution is 2.33. The fourth-order valence-corrected chi connectivity index (χ4v) is 1.53. The number of ether oxygens (including phenoxy) is 1. The second kappa shape index (κ2) is 4.10. The van der Waals surface area contributed by atoms with Crippen LogP contribution in [0.3, 0.4) is 0 Å². The SMILES string of the molecule is COc1ncc(-c2ccccc2)c(N)c1N. The van der Waals surface area contributed by atoms with Gasteiger partial charge in [0.2, 0.25) is 5.88 Å². The zero-order valence-electron chi connectivity index (χ0n) is 8.97. The van der Waals surface area contributed by atoms with E-state index in [9.17, 15) is 0 Å². The van der Waals surface area contributed by atoms with Crippen LogP contribution < -0.4 is 16.2 Å². The maximum atomic E-state index is 5.95. The van der Waals surface area contributed by atoms with E-state index < -0.39 is 0 Å². The number of anilines is 2. The molecule has 0 bridgehead atoms. The van der Waals surface area contributed by atoms with Crippen LogP contribution in [0.4, 0.5) is 11.4 Å². The molecule has 0 radical (unpaired) electrons. The molecule has 0 atom stereocenters. The molecule has 4 heteroatoms. The number of nitrogens with two attached hydrogens (primary N) is 2. The molecule has 0 unspecified atom stereocenters. The average molecular weight is 215 g/mol. The maximum Gasteiger partial charge on any atom is 0.239 e. The summed E-state index contributed by atoms with van der Waals surface area (Å²) in [6.07, 6.45) is 1.67. The minimum atomic E-state index is 0.359. The Bertz CT molecular complexity index is 497. The summed E-state index contributed by atoms with van der Waals surface area (Å²) < 4.78 is 5.00. The van der Waals surface area contributed by atoms with Crippen molar-refractivity contribution < 1.29 is 4.74 Å². The van der Waals surface area contributed by atoms with E-state index in [2.05, 4.69) is 4.98 Å². The van der Waals surface area contributed by atoms with E-state index >= 15 is 0 Å². The molecule has 0 aliphatic heterocycles. The van der Waals surface area contributed by atoms with Gasteiger partial charge in [-0.15, -0.1) is 0 Å². The van der Waals surface area contributed by atoms with E-state index in [0.29, 0.717) is 17.3 Å². The molecule has 2 rings (SSSR count). The fraction of sp³-hybridized carbons (Fsp3) is 0.0833. The van der Waals surface area contributed by atoms with Crippen molar-refractivity contribution in [3.05, 3.63) is 36.5 Å². The first-order chi connectivity index (χ1) is 7.74. The van der Waals surface area contributed by atoms with Crippen LogP contribution in [0.5, 0.6) is 5.88 Å². The van der Waals surface area contributed by atoms with Gasteiger partial charge in [0.15, 0.2) is 0 Å². The van der Waals surface area contributed by atoms with Gasteiger partial charge in [0.05, 0.1) is 12.8 Å². The van der Waals surface area contributed by atoms with E-state index in [0.717, 1.165) is 11.1 Å². The first-order valence-corrected chi connectivity index (χ1v) is 4.87. The van der Waals surface area contributed by atoms with Crippen LogP contribution in [0, 0.1) is 0 Å². The van der Waals surface area contributed by atoms with Crippen LogP contribution in [0.2, 0.25) is 0 Å². The molecular formula is C12H13N3O. The van der Waals surface area contributed by atoms with Gasteiger partial charge in [-0.25, -0.2) is 4.98 Å². The van der Waals surface area contributed by atoms with Gasteiger partial charge in [-0.05, 0) is 5.56 Å². The van der Waals surface area contributed by atoms with Crippen molar-refractivity contribution in [2.24, 2.45) is 0 Å². The number of hydrogen-bond donors (Lipinski definition) is 2. The largest absolute Gasteiger partial charge is 0.479 e. The lowest BCUT2D eigenvalue weighted by Gasteiger charge is -2.10. The molecule has 4 N–H and O–H groups in total. The number of pyridine rings is 1. The third-order valence-corrected chi connectivity index (χ3v) is 2.40. The van der Waals surface area contributed by atoms with Gasteiger partial charge in [0.1, 0.15) is 5.69 Å². The Labute approximate surface area is 93.9 Å². The van der Waals surface area contributed by atoms with Crippen molar-refractivity contribution in [2.45, 2.75) is 0 Å². The number of benzene rings is 1. The lowest BCUT2D eigenvalue weighted by molar-refractivity contribution is 0.400. The van der Waals surface area contributed by atoms with Crippen molar-refractivity contribution in [3.63, 3.8) is 0 Å². The molecule has 4 nitrogen and oxygen atoms in total. The summed E-state index contributed by atoms with van der Waals surface area (Å²) in [5, 5.41) is 0. The summed E-state index contributed by atoms with van der Waals surface area (Å²) in [6.45, 7) is 0. The zero-order chi connectivity index (χ0) is 11.5. The number of methoxy groups -OCH3 is 1. The Kier molecular flexibility index (Phi) is 2.64. The average Bonchev–Trinajstić information content (AvgIpc) is 2.34. The van der Waals surface area contributed by atoms with Gasteiger partial charge in [0.25, 0.3) is 0 Å². The highest BCUT2D eigenvalue weighted by Gasteiger charge is 2.10. The van der Waals surface area contributed by atoms with E-state index in [1.807, 2.05) is 30.3 Å². The fourth-order valence-electron chi connectivity index (χ4n) is 1.53. The number of rotatable bonds is 2. The summed E-state index contributed by atoms with van der Waals surface area (Å²) >= 11 is 0. The third kappa shape index (κ3) is 1.65. The van der Waals surface area contributed by atoms with Gasteiger partial charge in [-0.2, -0.15) is 0 Å². The monoisotopic (exact) mass is 215 g/mol. The van der Waals surface area contributed by atoms with Crippen molar-refractivity contribution >= 4 is 11.4 Å². The van der Waals surface area contributed by atoms with E-state index in [4.69, 9.17) is 16.2 Å². The second-order valence-corrected chi connectivity index (χ2v) is 3.37. The Hall–Kier alpha value is -2.23. The molecule has 1 aromatic heterocycles. The second-order valence-electron chi connectivity index (χ2n) is 3.37. The summed E-state index contributed by atoms with van der Waals surface area (Å²) in [7, 11) is 1.51. The van der Waals surface area contributed by atoms with Gasteiger partial charge < -0.3 is 16.2 Å². The zero-order valence-corrected chi connectivity index (χ0v) is 8.97. The predicted octanol–water partition coefficient (Wildman–Crippen LogP) is 1.92. The third-order valence-electron chi connectivity index (χ3n) is 2.40. The number of aromatic nitrogens is 1. The topological polar surface area (TPSA) is 74.2 Å². The van der Waals surface area contributed by atoms with Crippen LogP contribution in [-0.2, 0) is 0 Å². The highest BCUT2D eigenvalue weighted by atomic mass is 16.5. The summed E-state index contributed by atoms with van der Waals surface area (Å²) in [5.74, 6) is 0.359.